The molecule has 0 bridgehead atoms. The lowest BCUT2D eigenvalue weighted by molar-refractivity contribution is -0.123. The highest BCUT2D eigenvalue weighted by atomic mass is 35.5. The first-order chi connectivity index (χ1) is 11.1. The number of carbonyl (C=O) groups is 1. The van der Waals surface area contributed by atoms with Crippen molar-refractivity contribution in [2.45, 2.75) is 37.5 Å². The van der Waals surface area contributed by atoms with Crippen molar-refractivity contribution >= 4 is 44.0 Å². The maximum Gasteiger partial charge on any atom is 0.263 e. The summed E-state index contributed by atoms with van der Waals surface area (Å²) in [4.78, 5) is 16.5. The Morgan fingerprint density at radius 1 is 1.46 bits per heavy atom. The molecule has 3 N–H and O–H groups in total. The summed E-state index contributed by atoms with van der Waals surface area (Å²) in [5.74, 6) is -0.478. The van der Waals surface area contributed by atoms with Gasteiger partial charge < -0.3 is 5.73 Å². The molecule has 1 heterocycles. The smallest absolute Gasteiger partial charge is 0.263 e. The van der Waals surface area contributed by atoms with E-state index in [1.807, 2.05) is 6.92 Å². The highest BCUT2D eigenvalue weighted by Gasteiger charge is 2.34. The van der Waals surface area contributed by atoms with Gasteiger partial charge in [0.05, 0.1) is 10.3 Å². The SMILES string of the molecule is CCC(C)(C(N)=O)c1cnc(NS(=O)(=O)c2cccc(Cl)c2C)s1. The molecule has 2 rings (SSSR count). The van der Waals surface area contributed by atoms with Crippen LogP contribution in [0.2, 0.25) is 5.02 Å². The van der Waals surface area contributed by atoms with Crippen LogP contribution < -0.4 is 10.5 Å². The Morgan fingerprint density at radius 2 is 2.12 bits per heavy atom. The Kier molecular flexibility index (Phi) is 5.22. The van der Waals surface area contributed by atoms with Gasteiger partial charge >= 0.3 is 0 Å². The number of aromatic nitrogens is 1. The highest BCUT2D eigenvalue weighted by molar-refractivity contribution is 7.93. The first kappa shape index (κ1) is 18.7. The summed E-state index contributed by atoms with van der Waals surface area (Å²) >= 11 is 7.07. The number of halogens is 1. The Labute approximate surface area is 150 Å². The van der Waals surface area contributed by atoms with E-state index in [1.54, 1.807) is 26.0 Å². The molecule has 2 aromatic rings. The molecule has 0 saturated carbocycles. The van der Waals surface area contributed by atoms with E-state index in [0.717, 1.165) is 11.3 Å². The molecule has 0 fully saturated rings. The number of hydrogen-bond acceptors (Lipinski definition) is 5. The molecule has 0 spiro atoms. The average molecular weight is 388 g/mol. The molecule has 0 aliphatic carbocycles. The van der Waals surface area contributed by atoms with Gasteiger partial charge in [0.15, 0.2) is 5.13 Å². The first-order valence-corrected chi connectivity index (χ1v) is 9.83. The topological polar surface area (TPSA) is 102 Å². The number of nitrogens with two attached hydrogens (primary N) is 1. The minimum absolute atomic E-state index is 0.0832. The Morgan fingerprint density at radius 3 is 2.71 bits per heavy atom. The fourth-order valence-corrected chi connectivity index (χ4v) is 4.87. The molecule has 9 heteroatoms. The van der Waals surface area contributed by atoms with Crippen molar-refractivity contribution in [1.82, 2.24) is 4.98 Å². The van der Waals surface area contributed by atoms with Gasteiger partial charge in [0, 0.05) is 16.1 Å². The zero-order chi connectivity index (χ0) is 18.1. The molecule has 0 saturated heterocycles. The van der Waals surface area contributed by atoms with Crippen LogP contribution in [-0.2, 0) is 20.2 Å². The number of nitrogens with one attached hydrogen (secondary N) is 1. The van der Waals surface area contributed by atoms with Crippen molar-refractivity contribution in [1.29, 1.82) is 0 Å². The fourth-order valence-electron chi connectivity index (χ4n) is 2.10. The van der Waals surface area contributed by atoms with E-state index in [9.17, 15) is 13.2 Å². The predicted octanol–water partition coefficient (Wildman–Crippen LogP) is 3.06. The summed E-state index contributed by atoms with van der Waals surface area (Å²) in [6, 6.07) is 4.66. The number of carbonyl (C=O) groups excluding carboxylic acids is 1. The molecule has 1 amide bonds. The summed E-state index contributed by atoms with van der Waals surface area (Å²) in [5.41, 5.74) is 5.04. The van der Waals surface area contributed by atoms with Crippen LogP contribution in [0.25, 0.3) is 0 Å². The van der Waals surface area contributed by atoms with E-state index < -0.39 is 21.3 Å². The largest absolute Gasteiger partial charge is 0.369 e. The monoisotopic (exact) mass is 387 g/mol. The summed E-state index contributed by atoms with van der Waals surface area (Å²) in [6.07, 6.45) is 1.96. The number of primary amides is 1. The minimum atomic E-state index is -3.83. The van der Waals surface area contributed by atoms with Crippen LogP contribution in [0.3, 0.4) is 0 Å². The molecule has 130 valence electrons. The van der Waals surface area contributed by atoms with Crippen LogP contribution in [0.4, 0.5) is 5.13 Å². The van der Waals surface area contributed by atoms with Crippen LogP contribution in [-0.4, -0.2) is 19.3 Å². The Bertz CT molecular complexity index is 880. The van der Waals surface area contributed by atoms with Gasteiger partial charge in [-0.3, -0.25) is 9.52 Å². The predicted molar refractivity (Wildman–Crippen MR) is 95.9 cm³/mol. The molecule has 6 nitrogen and oxygen atoms in total. The number of hydrogen-bond donors (Lipinski definition) is 2. The number of sulfonamides is 1. The first-order valence-electron chi connectivity index (χ1n) is 7.16. The molecule has 1 atom stereocenters. The standard InChI is InChI=1S/C15H18ClN3O3S2/c1-4-15(3,13(17)20)12-8-18-14(23-12)19-24(21,22)11-7-5-6-10(16)9(11)2/h5-8H,4H2,1-3H3,(H2,17,20)(H,18,19). The zero-order valence-corrected chi connectivity index (χ0v) is 15.8. The van der Waals surface area contributed by atoms with Gasteiger partial charge in [-0.25, -0.2) is 13.4 Å². The van der Waals surface area contributed by atoms with E-state index in [1.165, 1.54) is 12.3 Å². The normalized spacial score (nSPS) is 14.2. The van der Waals surface area contributed by atoms with Crippen molar-refractivity contribution in [3.8, 4) is 0 Å². The van der Waals surface area contributed by atoms with E-state index in [4.69, 9.17) is 17.3 Å². The lowest BCUT2D eigenvalue weighted by Gasteiger charge is -2.21. The lowest BCUT2D eigenvalue weighted by atomic mass is 9.86. The third kappa shape index (κ3) is 3.40. The second-order valence-electron chi connectivity index (χ2n) is 5.55. The molecule has 0 radical (unpaired) electrons. The van der Waals surface area contributed by atoms with Crippen LogP contribution >= 0.6 is 22.9 Å². The molecule has 1 unspecified atom stereocenters. The van der Waals surface area contributed by atoms with Crippen molar-refractivity contribution in [3.63, 3.8) is 0 Å². The number of benzene rings is 1. The third-order valence-corrected chi connectivity index (χ3v) is 7.23. The van der Waals surface area contributed by atoms with Crippen molar-refractivity contribution in [2.24, 2.45) is 5.73 Å². The minimum Gasteiger partial charge on any atom is -0.369 e. The van der Waals surface area contributed by atoms with Gasteiger partial charge in [-0.15, -0.1) is 11.3 Å². The number of amides is 1. The van der Waals surface area contributed by atoms with Gasteiger partial charge in [0.1, 0.15) is 0 Å². The van der Waals surface area contributed by atoms with Gasteiger partial charge in [-0.05, 0) is 38.0 Å². The molecule has 1 aromatic heterocycles. The number of rotatable bonds is 6. The second kappa shape index (κ2) is 6.70. The van der Waals surface area contributed by atoms with E-state index in [-0.39, 0.29) is 10.0 Å². The van der Waals surface area contributed by atoms with Gasteiger partial charge in [0.25, 0.3) is 10.0 Å². The fraction of sp³-hybridized carbons (Fsp3) is 0.333. The molecule has 0 aliphatic heterocycles. The molecule has 0 aliphatic rings. The number of nitrogens with zero attached hydrogens (tertiary/aromatic N) is 1. The van der Waals surface area contributed by atoms with Crippen molar-refractivity contribution in [2.75, 3.05) is 4.72 Å². The number of anilines is 1. The van der Waals surface area contributed by atoms with Gasteiger partial charge in [-0.1, -0.05) is 24.6 Å². The lowest BCUT2D eigenvalue weighted by Crippen LogP contribution is -2.37. The van der Waals surface area contributed by atoms with Gasteiger partial charge in [-0.2, -0.15) is 0 Å². The van der Waals surface area contributed by atoms with Gasteiger partial charge in [0.2, 0.25) is 5.91 Å². The summed E-state index contributed by atoms with van der Waals surface area (Å²) in [6.45, 7) is 5.18. The summed E-state index contributed by atoms with van der Waals surface area (Å²) < 4.78 is 27.5. The maximum absolute atomic E-state index is 12.5. The van der Waals surface area contributed by atoms with E-state index in [2.05, 4.69) is 9.71 Å². The molecule has 24 heavy (non-hydrogen) atoms. The van der Waals surface area contributed by atoms with Crippen LogP contribution in [0.1, 0.15) is 30.7 Å². The zero-order valence-electron chi connectivity index (χ0n) is 13.5. The quantitative estimate of drug-likeness (QED) is 0.794. The Balaban J connectivity index is 2.36. The van der Waals surface area contributed by atoms with Crippen molar-refractivity contribution in [3.05, 3.63) is 39.9 Å². The average Bonchev–Trinajstić information content (AvgIpc) is 2.96. The van der Waals surface area contributed by atoms with Crippen LogP contribution in [0, 0.1) is 6.92 Å². The molecule has 1 aromatic carbocycles. The maximum atomic E-state index is 12.5. The van der Waals surface area contributed by atoms with E-state index in [0.29, 0.717) is 21.9 Å². The third-order valence-electron chi connectivity index (χ3n) is 4.03. The van der Waals surface area contributed by atoms with Crippen molar-refractivity contribution < 1.29 is 13.2 Å². The van der Waals surface area contributed by atoms with E-state index >= 15 is 0 Å². The Hall–Kier alpha value is -1.64. The second-order valence-corrected chi connectivity index (χ2v) is 8.64. The number of thiazole rings is 1. The summed E-state index contributed by atoms with van der Waals surface area (Å²) in [5, 5.41) is 0.537. The molecular formula is C15H18ClN3O3S2. The van der Waals surface area contributed by atoms with Crippen LogP contribution in [0.15, 0.2) is 29.3 Å². The summed E-state index contributed by atoms with van der Waals surface area (Å²) in [7, 11) is -3.83. The highest BCUT2D eigenvalue weighted by Crippen LogP contribution is 2.34. The van der Waals surface area contributed by atoms with Crippen LogP contribution in [0.5, 0.6) is 0 Å². The molecular weight excluding hydrogens is 370 g/mol.